The zero-order valence-electron chi connectivity index (χ0n) is 17.9. The Hall–Kier alpha value is -2.10. The Labute approximate surface area is 195 Å². The number of alkyl halides is 6. The molecule has 0 radical (unpaired) electrons. The summed E-state index contributed by atoms with van der Waals surface area (Å²) >= 11 is 2.07. The van der Waals surface area contributed by atoms with E-state index in [-0.39, 0.29) is 0 Å². The van der Waals surface area contributed by atoms with Crippen LogP contribution in [-0.4, -0.2) is 107 Å². The Balaban J connectivity index is 0.000000343. The number of halogens is 6. The van der Waals surface area contributed by atoms with E-state index in [9.17, 15) is 26.3 Å². The Morgan fingerprint density at radius 2 is 1.50 bits per heavy atom. The van der Waals surface area contributed by atoms with Gasteiger partial charge in [0, 0.05) is 62.7 Å². The van der Waals surface area contributed by atoms with Crippen LogP contribution in [0, 0.1) is 0 Å². The Morgan fingerprint density at radius 1 is 1.00 bits per heavy atom. The highest BCUT2D eigenvalue weighted by Gasteiger charge is 2.38. The van der Waals surface area contributed by atoms with Gasteiger partial charge in [-0.1, -0.05) is 6.07 Å². The second-order valence-corrected chi connectivity index (χ2v) is 8.19. The first-order valence-corrected chi connectivity index (χ1v) is 11.1. The monoisotopic (exact) mass is 521 g/mol. The maximum Gasteiger partial charge on any atom is 0.490 e. The van der Waals surface area contributed by atoms with Gasteiger partial charge in [0.1, 0.15) is 0 Å². The molecule has 1 atom stereocenters. The molecule has 8 nitrogen and oxygen atoms in total. The van der Waals surface area contributed by atoms with Gasteiger partial charge in [-0.3, -0.25) is 14.8 Å². The molecule has 1 aromatic rings. The van der Waals surface area contributed by atoms with E-state index in [2.05, 4.69) is 38.7 Å². The minimum Gasteiger partial charge on any atom is -0.475 e. The van der Waals surface area contributed by atoms with Crippen molar-refractivity contribution in [1.29, 1.82) is 0 Å². The highest BCUT2D eigenvalue weighted by molar-refractivity contribution is 7.99. The molecule has 2 fully saturated rings. The standard InChI is InChI=1S/C15H23N3OS.2C2HF3O2/c1-2-14(12-16-3-1)15(18-4-8-19-9-5-18)13-17-6-10-20-11-7-17;2*3-2(4,5)1(6)7/h1-3,12,15H,4-11,13H2;2*(H,6,7). The zero-order chi connectivity index (χ0) is 25.8. The quantitative estimate of drug-likeness (QED) is 0.579. The molecule has 15 heteroatoms. The lowest BCUT2D eigenvalue weighted by Crippen LogP contribution is -2.45. The van der Waals surface area contributed by atoms with Crippen LogP contribution in [0.2, 0.25) is 0 Å². The minimum atomic E-state index is -5.08. The zero-order valence-corrected chi connectivity index (χ0v) is 18.7. The molecule has 34 heavy (non-hydrogen) atoms. The van der Waals surface area contributed by atoms with Gasteiger partial charge in [0.2, 0.25) is 0 Å². The van der Waals surface area contributed by atoms with Crippen LogP contribution >= 0.6 is 11.8 Å². The molecule has 2 saturated heterocycles. The van der Waals surface area contributed by atoms with E-state index < -0.39 is 24.3 Å². The second kappa shape index (κ2) is 14.3. The number of hydrogen-bond acceptors (Lipinski definition) is 7. The summed E-state index contributed by atoms with van der Waals surface area (Å²) in [6, 6.07) is 4.72. The molecule has 2 aliphatic rings. The third kappa shape index (κ3) is 11.9. The Bertz CT molecular complexity index is 718. The smallest absolute Gasteiger partial charge is 0.475 e. The summed E-state index contributed by atoms with van der Waals surface area (Å²) in [6.45, 7) is 7.31. The van der Waals surface area contributed by atoms with Crippen LogP contribution in [0.15, 0.2) is 24.5 Å². The highest BCUT2D eigenvalue weighted by Crippen LogP contribution is 2.24. The van der Waals surface area contributed by atoms with Crippen molar-refractivity contribution in [3.63, 3.8) is 0 Å². The third-order valence-electron chi connectivity index (χ3n) is 4.58. The summed E-state index contributed by atoms with van der Waals surface area (Å²) in [4.78, 5) is 27.3. The molecular weight excluding hydrogens is 496 g/mol. The number of rotatable bonds is 4. The van der Waals surface area contributed by atoms with Crippen LogP contribution in [0.1, 0.15) is 11.6 Å². The number of morpholine rings is 1. The second-order valence-electron chi connectivity index (χ2n) is 6.97. The molecule has 0 spiro atoms. The summed E-state index contributed by atoms with van der Waals surface area (Å²) in [6.07, 6.45) is -6.28. The fourth-order valence-corrected chi connectivity index (χ4v) is 3.90. The predicted octanol–water partition coefficient (Wildman–Crippen LogP) is 2.77. The van der Waals surface area contributed by atoms with Crippen molar-refractivity contribution in [2.24, 2.45) is 0 Å². The van der Waals surface area contributed by atoms with Crippen molar-refractivity contribution >= 4 is 23.7 Å². The van der Waals surface area contributed by atoms with E-state index in [1.165, 1.54) is 30.2 Å². The topological polar surface area (TPSA) is 103 Å². The molecule has 3 heterocycles. The molecule has 3 rings (SSSR count). The van der Waals surface area contributed by atoms with Gasteiger partial charge < -0.3 is 14.9 Å². The maximum atomic E-state index is 10.6. The molecular formula is C19H25F6N3O5S. The normalized spacial score (nSPS) is 18.5. The summed E-state index contributed by atoms with van der Waals surface area (Å²) in [5, 5.41) is 14.2. The molecule has 1 aromatic heterocycles. The van der Waals surface area contributed by atoms with Crippen molar-refractivity contribution in [2.45, 2.75) is 18.4 Å². The fraction of sp³-hybridized carbons (Fsp3) is 0.632. The third-order valence-corrected chi connectivity index (χ3v) is 5.52. The van der Waals surface area contributed by atoms with Crippen molar-refractivity contribution in [3.8, 4) is 0 Å². The van der Waals surface area contributed by atoms with Crippen LogP contribution in [-0.2, 0) is 14.3 Å². The molecule has 2 N–H and O–H groups in total. The fourth-order valence-electron chi connectivity index (χ4n) is 2.92. The molecule has 0 saturated carbocycles. The van der Waals surface area contributed by atoms with Crippen molar-refractivity contribution in [3.05, 3.63) is 30.1 Å². The minimum absolute atomic E-state index is 0.454. The Morgan fingerprint density at radius 3 is 1.91 bits per heavy atom. The number of thioether (sulfide) groups is 1. The number of aromatic nitrogens is 1. The van der Waals surface area contributed by atoms with E-state index in [1.54, 1.807) is 0 Å². The maximum absolute atomic E-state index is 10.6. The molecule has 0 aromatic carbocycles. The molecule has 0 aliphatic carbocycles. The summed E-state index contributed by atoms with van der Waals surface area (Å²) in [7, 11) is 0. The number of pyridine rings is 1. The summed E-state index contributed by atoms with van der Waals surface area (Å²) in [5.41, 5.74) is 1.34. The first-order chi connectivity index (χ1) is 15.8. The lowest BCUT2D eigenvalue weighted by Gasteiger charge is -2.38. The van der Waals surface area contributed by atoms with E-state index in [0.29, 0.717) is 6.04 Å². The summed E-state index contributed by atoms with van der Waals surface area (Å²) < 4.78 is 69.0. The predicted molar refractivity (Wildman–Crippen MR) is 111 cm³/mol. The van der Waals surface area contributed by atoms with Crippen LogP contribution in [0.5, 0.6) is 0 Å². The first-order valence-electron chi connectivity index (χ1n) is 9.94. The average molecular weight is 521 g/mol. The number of carbonyl (C=O) groups is 2. The molecule has 0 bridgehead atoms. The van der Waals surface area contributed by atoms with Crippen LogP contribution in [0.3, 0.4) is 0 Å². The average Bonchev–Trinajstić information content (AvgIpc) is 2.79. The van der Waals surface area contributed by atoms with E-state index in [1.807, 2.05) is 12.4 Å². The van der Waals surface area contributed by atoms with Gasteiger partial charge in [0.05, 0.1) is 13.2 Å². The van der Waals surface area contributed by atoms with Crippen molar-refractivity contribution in [2.75, 3.05) is 57.4 Å². The number of carboxylic acids is 2. The molecule has 0 amide bonds. The van der Waals surface area contributed by atoms with E-state index in [4.69, 9.17) is 24.5 Å². The highest BCUT2D eigenvalue weighted by atomic mass is 32.2. The van der Waals surface area contributed by atoms with Crippen LogP contribution < -0.4 is 0 Å². The van der Waals surface area contributed by atoms with E-state index in [0.717, 1.165) is 32.8 Å². The molecule has 2 aliphatic heterocycles. The number of carboxylic acid groups (broad SMARTS) is 2. The van der Waals surface area contributed by atoms with Gasteiger partial charge in [0.15, 0.2) is 0 Å². The lowest BCUT2D eigenvalue weighted by atomic mass is 10.1. The SMILES string of the molecule is O=C(O)C(F)(F)F.O=C(O)C(F)(F)F.c1cncc(C(CN2CCSCC2)N2CCOCC2)c1. The lowest BCUT2D eigenvalue weighted by molar-refractivity contribution is -0.193. The van der Waals surface area contributed by atoms with Crippen LogP contribution in [0.25, 0.3) is 0 Å². The van der Waals surface area contributed by atoms with Gasteiger partial charge in [0.25, 0.3) is 0 Å². The Kier molecular flexibility index (Phi) is 12.6. The largest absolute Gasteiger partial charge is 0.490 e. The van der Waals surface area contributed by atoms with Crippen molar-refractivity contribution < 1.29 is 50.9 Å². The van der Waals surface area contributed by atoms with Crippen molar-refractivity contribution in [1.82, 2.24) is 14.8 Å². The molecule has 1 unspecified atom stereocenters. The van der Waals surface area contributed by atoms with Gasteiger partial charge >= 0.3 is 24.3 Å². The van der Waals surface area contributed by atoms with Gasteiger partial charge in [-0.2, -0.15) is 38.1 Å². The van der Waals surface area contributed by atoms with Gasteiger partial charge in [-0.25, -0.2) is 9.59 Å². The molecule has 194 valence electrons. The van der Waals surface area contributed by atoms with Crippen LogP contribution in [0.4, 0.5) is 26.3 Å². The van der Waals surface area contributed by atoms with Gasteiger partial charge in [-0.15, -0.1) is 0 Å². The van der Waals surface area contributed by atoms with E-state index >= 15 is 0 Å². The number of ether oxygens (including phenoxy) is 1. The number of hydrogen-bond donors (Lipinski definition) is 2. The number of aliphatic carboxylic acids is 2. The first kappa shape index (κ1) is 29.9. The number of nitrogens with zero attached hydrogens (tertiary/aromatic N) is 3. The van der Waals surface area contributed by atoms with Gasteiger partial charge in [-0.05, 0) is 11.6 Å². The summed E-state index contributed by atoms with van der Waals surface area (Å²) in [5.74, 6) is -2.98.